The number of aliphatic imine (C=N–C) groups is 1. The van der Waals surface area contributed by atoms with Crippen molar-refractivity contribution in [1.82, 2.24) is 9.36 Å². The molecule has 0 atom stereocenters. The highest BCUT2D eigenvalue weighted by Gasteiger charge is 2.19. The lowest BCUT2D eigenvalue weighted by Gasteiger charge is -2.07. The molecule has 0 amide bonds. The normalized spacial score (nSPS) is 11.7. The number of aromatic nitrogens is 2. The molecule has 6 nitrogen and oxygen atoms in total. The van der Waals surface area contributed by atoms with Gasteiger partial charge in [0, 0.05) is 18.8 Å². The zero-order chi connectivity index (χ0) is 18.1. The SMILES string of the molecule is Cc1c(C(N)=Nc2ccc(O)c(F)c2)c(=O)n(-c2ccccc2)n1C. The third-order valence-corrected chi connectivity index (χ3v) is 3.99. The average molecular weight is 340 g/mol. The molecule has 0 fully saturated rings. The molecule has 3 aromatic rings. The number of hydrogen-bond donors (Lipinski definition) is 2. The van der Waals surface area contributed by atoms with Crippen LogP contribution in [0.1, 0.15) is 11.3 Å². The summed E-state index contributed by atoms with van der Waals surface area (Å²) in [6.07, 6.45) is 0. The maximum absolute atomic E-state index is 13.5. The summed E-state index contributed by atoms with van der Waals surface area (Å²) in [5, 5.41) is 9.24. The highest BCUT2D eigenvalue weighted by atomic mass is 19.1. The van der Waals surface area contributed by atoms with E-state index in [2.05, 4.69) is 4.99 Å². The Morgan fingerprint density at radius 3 is 2.52 bits per heavy atom. The second-order valence-electron chi connectivity index (χ2n) is 5.57. The van der Waals surface area contributed by atoms with E-state index in [9.17, 15) is 14.3 Å². The minimum Gasteiger partial charge on any atom is -0.505 e. The van der Waals surface area contributed by atoms with Crippen molar-refractivity contribution in [2.45, 2.75) is 6.92 Å². The van der Waals surface area contributed by atoms with Gasteiger partial charge in [0.1, 0.15) is 11.4 Å². The Balaban J connectivity index is 2.13. The largest absolute Gasteiger partial charge is 0.505 e. The first-order valence-corrected chi connectivity index (χ1v) is 7.57. The third-order valence-electron chi connectivity index (χ3n) is 3.99. The molecule has 0 spiro atoms. The lowest BCUT2D eigenvalue weighted by atomic mass is 10.2. The quantitative estimate of drug-likeness (QED) is 0.567. The van der Waals surface area contributed by atoms with Crippen LogP contribution in [0.3, 0.4) is 0 Å². The molecular weight excluding hydrogens is 323 g/mol. The number of phenols is 1. The van der Waals surface area contributed by atoms with Crippen LogP contribution in [0.4, 0.5) is 10.1 Å². The molecule has 0 saturated carbocycles. The van der Waals surface area contributed by atoms with Gasteiger partial charge in [-0.05, 0) is 31.2 Å². The van der Waals surface area contributed by atoms with E-state index < -0.39 is 11.6 Å². The molecule has 0 aliphatic rings. The summed E-state index contributed by atoms with van der Waals surface area (Å²) in [5.74, 6) is -1.29. The molecule has 1 aromatic heterocycles. The molecule has 25 heavy (non-hydrogen) atoms. The van der Waals surface area contributed by atoms with E-state index in [0.29, 0.717) is 11.4 Å². The Bertz CT molecular complexity index is 1020. The molecule has 1 heterocycles. The smallest absolute Gasteiger partial charge is 0.282 e. The fraction of sp³-hybridized carbons (Fsp3) is 0.111. The molecule has 3 rings (SSSR count). The highest BCUT2D eigenvalue weighted by molar-refractivity contribution is 5.99. The minimum absolute atomic E-state index is 0.0159. The van der Waals surface area contributed by atoms with Gasteiger partial charge in [-0.1, -0.05) is 18.2 Å². The van der Waals surface area contributed by atoms with Crippen LogP contribution in [-0.2, 0) is 7.05 Å². The first-order chi connectivity index (χ1) is 11.9. The summed E-state index contributed by atoms with van der Waals surface area (Å²) >= 11 is 0. The van der Waals surface area contributed by atoms with E-state index in [4.69, 9.17) is 5.73 Å². The molecule has 128 valence electrons. The number of amidine groups is 1. The Hall–Kier alpha value is -3.35. The Morgan fingerprint density at radius 1 is 1.20 bits per heavy atom. The predicted molar refractivity (Wildman–Crippen MR) is 94.2 cm³/mol. The van der Waals surface area contributed by atoms with Gasteiger partial charge in [-0.3, -0.25) is 9.48 Å². The lowest BCUT2D eigenvalue weighted by molar-refractivity contribution is 0.432. The Labute approximate surface area is 143 Å². The average Bonchev–Trinajstić information content (AvgIpc) is 2.81. The van der Waals surface area contributed by atoms with E-state index in [-0.39, 0.29) is 22.6 Å². The van der Waals surface area contributed by atoms with Crippen LogP contribution in [0, 0.1) is 12.7 Å². The number of para-hydroxylation sites is 1. The number of nitrogens with zero attached hydrogens (tertiary/aromatic N) is 3. The number of hydrogen-bond acceptors (Lipinski definition) is 3. The van der Waals surface area contributed by atoms with Crippen LogP contribution in [0.25, 0.3) is 5.69 Å². The molecule has 0 saturated heterocycles. The Morgan fingerprint density at radius 2 is 1.88 bits per heavy atom. The van der Waals surface area contributed by atoms with Gasteiger partial charge >= 0.3 is 0 Å². The molecular formula is C18H17FN4O2. The molecule has 7 heteroatoms. The number of halogens is 1. The number of benzene rings is 2. The van der Waals surface area contributed by atoms with Crippen LogP contribution in [-0.4, -0.2) is 20.3 Å². The van der Waals surface area contributed by atoms with Crippen molar-refractivity contribution in [3.05, 3.63) is 76.0 Å². The number of rotatable bonds is 3. The maximum Gasteiger partial charge on any atom is 0.282 e. The van der Waals surface area contributed by atoms with Crippen LogP contribution in [0.15, 0.2) is 58.3 Å². The van der Waals surface area contributed by atoms with Crippen molar-refractivity contribution in [2.75, 3.05) is 0 Å². The van der Waals surface area contributed by atoms with E-state index >= 15 is 0 Å². The monoisotopic (exact) mass is 340 g/mol. The molecule has 0 unspecified atom stereocenters. The predicted octanol–water partition coefficient (Wildman–Crippen LogP) is 2.37. The number of phenolic OH excluding ortho intramolecular Hbond substituents is 1. The summed E-state index contributed by atoms with van der Waals surface area (Å²) in [4.78, 5) is 16.9. The molecule has 0 radical (unpaired) electrons. The van der Waals surface area contributed by atoms with E-state index in [1.165, 1.54) is 16.8 Å². The molecule has 2 aromatic carbocycles. The van der Waals surface area contributed by atoms with Gasteiger partial charge in [-0.2, -0.15) is 0 Å². The van der Waals surface area contributed by atoms with Crippen molar-refractivity contribution in [1.29, 1.82) is 0 Å². The van der Waals surface area contributed by atoms with E-state index in [1.807, 2.05) is 30.3 Å². The van der Waals surface area contributed by atoms with Gasteiger partial charge in [0.05, 0.1) is 11.4 Å². The third kappa shape index (κ3) is 2.91. The second-order valence-corrected chi connectivity index (χ2v) is 5.57. The van der Waals surface area contributed by atoms with Gasteiger partial charge in [0.2, 0.25) is 0 Å². The van der Waals surface area contributed by atoms with Crippen molar-refractivity contribution < 1.29 is 9.50 Å². The van der Waals surface area contributed by atoms with Crippen LogP contribution in [0.2, 0.25) is 0 Å². The van der Waals surface area contributed by atoms with Gasteiger partial charge in [0.15, 0.2) is 11.6 Å². The summed E-state index contributed by atoms with van der Waals surface area (Å²) < 4.78 is 16.6. The van der Waals surface area contributed by atoms with Crippen LogP contribution < -0.4 is 11.3 Å². The van der Waals surface area contributed by atoms with Crippen molar-refractivity contribution in [3.8, 4) is 11.4 Å². The van der Waals surface area contributed by atoms with Crippen molar-refractivity contribution >= 4 is 11.5 Å². The van der Waals surface area contributed by atoms with Crippen molar-refractivity contribution in [3.63, 3.8) is 0 Å². The molecule has 0 aliphatic carbocycles. The maximum atomic E-state index is 13.5. The highest BCUT2D eigenvalue weighted by Crippen LogP contribution is 2.22. The second kappa shape index (κ2) is 6.27. The van der Waals surface area contributed by atoms with Gasteiger partial charge in [-0.15, -0.1) is 0 Å². The fourth-order valence-electron chi connectivity index (χ4n) is 2.62. The first-order valence-electron chi connectivity index (χ1n) is 7.57. The molecule has 0 bridgehead atoms. The zero-order valence-electron chi connectivity index (χ0n) is 13.8. The fourth-order valence-corrected chi connectivity index (χ4v) is 2.62. The Kier molecular flexibility index (Phi) is 4.14. The standard InChI is InChI=1S/C18H17FN4O2/c1-11-16(17(20)21-12-8-9-15(24)14(19)10-12)18(25)23(22(11)2)13-6-4-3-5-7-13/h3-10,24H,1-2H3,(H2,20,21). The first kappa shape index (κ1) is 16.5. The topological polar surface area (TPSA) is 85.5 Å². The van der Waals surface area contributed by atoms with Crippen LogP contribution >= 0.6 is 0 Å². The summed E-state index contributed by atoms with van der Waals surface area (Å²) in [7, 11) is 1.75. The number of nitrogens with two attached hydrogens (primary N) is 1. The summed E-state index contributed by atoms with van der Waals surface area (Å²) in [6.45, 7) is 1.76. The van der Waals surface area contributed by atoms with Crippen molar-refractivity contribution in [2.24, 2.45) is 17.8 Å². The zero-order valence-corrected chi connectivity index (χ0v) is 13.8. The number of aromatic hydroxyl groups is 1. The molecule has 3 N–H and O–H groups in total. The van der Waals surface area contributed by atoms with E-state index in [1.54, 1.807) is 18.7 Å². The van der Waals surface area contributed by atoms with Crippen LogP contribution in [0.5, 0.6) is 5.75 Å². The van der Waals surface area contributed by atoms with Gasteiger partial charge < -0.3 is 10.8 Å². The minimum atomic E-state index is -0.805. The van der Waals surface area contributed by atoms with Gasteiger partial charge in [0.25, 0.3) is 5.56 Å². The lowest BCUT2D eigenvalue weighted by Crippen LogP contribution is -2.26. The summed E-state index contributed by atoms with van der Waals surface area (Å²) in [5.41, 5.74) is 7.50. The molecule has 0 aliphatic heterocycles. The summed E-state index contributed by atoms with van der Waals surface area (Å²) in [6, 6.07) is 12.8. The van der Waals surface area contributed by atoms with Gasteiger partial charge in [-0.25, -0.2) is 14.1 Å². The van der Waals surface area contributed by atoms with E-state index in [0.717, 1.165) is 6.07 Å².